The molecule has 0 bridgehead atoms. The van der Waals surface area contributed by atoms with Gasteiger partial charge in [-0.05, 0) is 49.9 Å². The average Bonchev–Trinajstić information content (AvgIpc) is 3.32. The largest absolute Gasteiger partial charge is 0.466 e. The second-order valence-electron chi connectivity index (χ2n) is 5.65. The summed E-state index contributed by atoms with van der Waals surface area (Å²) in [5.74, 6) is 0.599. The Morgan fingerprint density at radius 3 is 2.48 bits per heavy atom. The van der Waals surface area contributed by atoms with Crippen LogP contribution in [0.5, 0.6) is 0 Å². The molecule has 0 heterocycles. The Balaban J connectivity index is 2.27. The molecule has 1 saturated carbocycles. The molecule has 21 heavy (non-hydrogen) atoms. The van der Waals surface area contributed by atoms with Crippen molar-refractivity contribution < 1.29 is 9.53 Å². The number of ether oxygens (including phenoxy) is 1. The molecule has 1 unspecified atom stereocenters. The maximum Gasteiger partial charge on any atom is 0.307 e. The van der Waals surface area contributed by atoms with E-state index in [-0.39, 0.29) is 12.0 Å². The summed E-state index contributed by atoms with van der Waals surface area (Å²) in [5, 5.41) is 0. The Bertz CT molecular complexity index is 464. The number of esters is 1. The van der Waals surface area contributed by atoms with Gasteiger partial charge in [-0.25, -0.2) is 0 Å². The molecule has 1 aromatic rings. The molecule has 3 heteroatoms. The van der Waals surface area contributed by atoms with Crippen molar-refractivity contribution >= 4 is 5.97 Å². The first kappa shape index (κ1) is 16.0. The zero-order chi connectivity index (χ0) is 15.2. The van der Waals surface area contributed by atoms with Crippen LogP contribution in [-0.2, 0) is 9.53 Å². The molecule has 0 saturated heterocycles. The minimum Gasteiger partial charge on any atom is -0.466 e. The van der Waals surface area contributed by atoms with Crippen LogP contribution in [0.15, 0.2) is 24.3 Å². The highest BCUT2D eigenvalue weighted by molar-refractivity contribution is 5.70. The molecule has 116 valence electrons. The van der Waals surface area contributed by atoms with E-state index >= 15 is 0 Å². The summed E-state index contributed by atoms with van der Waals surface area (Å²) in [6.45, 7) is 8.51. The highest BCUT2D eigenvalue weighted by Crippen LogP contribution is 2.44. The van der Waals surface area contributed by atoms with Crippen LogP contribution in [0.1, 0.15) is 63.1 Å². The zero-order valence-electron chi connectivity index (χ0n) is 13.5. The van der Waals surface area contributed by atoms with Crippen LogP contribution >= 0.6 is 0 Å². The van der Waals surface area contributed by atoms with E-state index in [0.717, 1.165) is 13.1 Å². The van der Waals surface area contributed by atoms with Gasteiger partial charge in [-0.15, -0.1) is 0 Å². The number of benzene rings is 1. The maximum atomic E-state index is 12.0. The lowest BCUT2D eigenvalue weighted by Crippen LogP contribution is -2.31. The third-order valence-corrected chi connectivity index (χ3v) is 4.29. The van der Waals surface area contributed by atoms with Crippen molar-refractivity contribution in [3.63, 3.8) is 0 Å². The Kier molecular flexibility index (Phi) is 5.80. The van der Waals surface area contributed by atoms with Crippen molar-refractivity contribution in [3.8, 4) is 0 Å². The Hall–Kier alpha value is -1.35. The van der Waals surface area contributed by atoms with Gasteiger partial charge in [0.25, 0.3) is 0 Å². The predicted molar refractivity (Wildman–Crippen MR) is 85.3 cm³/mol. The van der Waals surface area contributed by atoms with E-state index in [2.05, 4.69) is 43.0 Å². The van der Waals surface area contributed by atoms with Crippen LogP contribution in [0.25, 0.3) is 0 Å². The van der Waals surface area contributed by atoms with Crippen LogP contribution < -0.4 is 0 Å². The second kappa shape index (κ2) is 7.60. The second-order valence-corrected chi connectivity index (χ2v) is 5.65. The number of nitrogens with zero attached hydrogens (tertiary/aromatic N) is 1. The van der Waals surface area contributed by atoms with E-state index in [1.165, 1.54) is 24.0 Å². The number of rotatable bonds is 8. The quantitative estimate of drug-likeness (QED) is 0.680. The van der Waals surface area contributed by atoms with Crippen molar-refractivity contribution in [3.05, 3.63) is 35.4 Å². The third-order valence-electron chi connectivity index (χ3n) is 4.29. The summed E-state index contributed by atoms with van der Waals surface area (Å²) >= 11 is 0. The Morgan fingerprint density at radius 1 is 1.24 bits per heavy atom. The molecule has 1 aromatic carbocycles. The van der Waals surface area contributed by atoms with Crippen LogP contribution in [0.4, 0.5) is 0 Å². The van der Waals surface area contributed by atoms with Crippen LogP contribution in [0, 0.1) is 0 Å². The van der Waals surface area contributed by atoms with Gasteiger partial charge in [-0.1, -0.05) is 38.1 Å². The summed E-state index contributed by atoms with van der Waals surface area (Å²) in [7, 11) is 0. The minimum absolute atomic E-state index is 0.0972. The SMILES string of the molecule is CCOC(=O)CC(c1ccccc1C1CC1)N(CC)CC. The molecule has 1 aliphatic carbocycles. The van der Waals surface area contributed by atoms with Gasteiger partial charge >= 0.3 is 5.97 Å². The van der Waals surface area contributed by atoms with Gasteiger partial charge < -0.3 is 4.74 Å². The molecule has 0 aromatic heterocycles. The number of carbonyl (C=O) groups is 1. The highest BCUT2D eigenvalue weighted by atomic mass is 16.5. The van der Waals surface area contributed by atoms with Crippen molar-refractivity contribution in [2.45, 2.75) is 52.0 Å². The van der Waals surface area contributed by atoms with Crippen molar-refractivity contribution in [2.75, 3.05) is 19.7 Å². The van der Waals surface area contributed by atoms with E-state index in [9.17, 15) is 4.79 Å². The average molecular weight is 289 g/mol. The Morgan fingerprint density at radius 2 is 1.90 bits per heavy atom. The lowest BCUT2D eigenvalue weighted by atomic mass is 9.94. The molecule has 2 rings (SSSR count). The lowest BCUT2D eigenvalue weighted by Gasteiger charge is -2.31. The molecule has 0 radical (unpaired) electrons. The topological polar surface area (TPSA) is 29.5 Å². The fraction of sp³-hybridized carbons (Fsp3) is 0.611. The summed E-state index contributed by atoms with van der Waals surface area (Å²) in [5.41, 5.74) is 2.75. The van der Waals surface area contributed by atoms with E-state index in [1.807, 2.05) is 6.92 Å². The monoisotopic (exact) mass is 289 g/mol. The lowest BCUT2D eigenvalue weighted by molar-refractivity contribution is -0.144. The van der Waals surface area contributed by atoms with E-state index in [4.69, 9.17) is 4.74 Å². The van der Waals surface area contributed by atoms with Gasteiger partial charge in [-0.3, -0.25) is 9.69 Å². The van der Waals surface area contributed by atoms with Crippen molar-refractivity contribution in [2.24, 2.45) is 0 Å². The molecule has 3 nitrogen and oxygen atoms in total. The minimum atomic E-state index is -0.0972. The Labute approximate surface area is 128 Å². The normalized spacial score (nSPS) is 16.0. The number of hydrogen-bond acceptors (Lipinski definition) is 3. The summed E-state index contributed by atoms with van der Waals surface area (Å²) in [4.78, 5) is 14.4. The van der Waals surface area contributed by atoms with Gasteiger partial charge in [-0.2, -0.15) is 0 Å². The van der Waals surface area contributed by atoms with Gasteiger partial charge in [0.2, 0.25) is 0 Å². The molecule has 0 N–H and O–H groups in total. The molecule has 1 atom stereocenters. The summed E-state index contributed by atoms with van der Waals surface area (Å²) in [6.07, 6.45) is 3.00. The zero-order valence-corrected chi connectivity index (χ0v) is 13.5. The van der Waals surface area contributed by atoms with Crippen molar-refractivity contribution in [1.82, 2.24) is 4.90 Å². The molecule has 0 amide bonds. The van der Waals surface area contributed by atoms with Gasteiger partial charge in [0.1, 0.15) is 0 Å². The predicted octanol–water partition coefficient (Wildman–Crippen LogP) is 3.90. The first-order valence-electron chi connectivity index (χ1n) is 8.19. The molecular formula is C18H27NO2. The highest BCUT2D eigenvalue weighted by Gasteiger charge is 2.30. The summed E-state index contributed by atoms with van der Waals surface area (Å²) in [6, 6.07) is 8.75. The summed E-state index contributed by atoms with van der Waals surface area (Å²) < 4.78 is 5.18. The van der Waals surface area contributed by atoms with E-state index in [1.54, 1.807) is 0 Å². The first-order chi connectivity index (χ1) is 10.2. The molecular weight excluding hydrogens is 262 g/mol. The fourth-order valence-corrected chi connectivity index (χ4v) is 3.06. The van der Waals surface area contributed by atoms with Gasteiger partial charge in [0.05, 0.1) is 13.0 Å². The van der Waals surface area contributed by atoms with Crippen LogP contribution in [0.2, 0.25) is 0 Å². The fourth-order valence-electron chi connectivity index (χ4n) is 3.06. The standard InChI is InChI=1S/C18H27NO2/c1-4-19(5-2)17(13-18(20)21-6-3)16-10-8-7-9-15(16)14-11-12-14/h7-10,14,17H,4-6,11-13H2,1-3H3. The van der Waals surface area contributed by atoms with Crippen LogP contribution in [-0.4, -0.2) is 30.6 Å². The molecule has 1 aliphatic rings. The van der Waals surface area contributed by atoms with Gasteiger partial charge in [0, 0.05) is 6.04 Å². The molecule has 1 fully saturated rings. The van der Waals surface area contributed by atoms with E-state index < -0.39 is 0 Å². The van der Waals surface area contributed by atoms with Crippen molar-refractivity contribution in [1.29, 1.82) is 0 Å². The maximum absolute atomic E-state index is 12.0. The first-order valence-corrected chi connectivity index (χ1v) is 8.19. The molecule has 0 aliphatic heterocycles. The van der Waals surface area contributed by atoms with Crippen LogP contribution in [0.3, 0.4) is 0 Å². The third kappa shape index (κ3) is 4.07. The van der Waals surface area contributed by atoms with E-state index in [0.29, 0.717) is 18.9 Å². The van der Waals surface area contributed by atoms with Gasteiger partial charge in [0.15, 0.2) is 0 Å². The number of carbonyl (C=O) groups excluding carboxylic acids is 1. The smallest absolute Gasteiger partial charge is 0.307 e. The molecule has 0 spiro atoms. The number of hydrogen-bond donors (Lipinski definition) is 0.